The van der Waals surface area contributed by atoms with Crippen LogP contribution < -0.4 is 5.73 Å². The first-order valence-electron chi connectivity index (χ1n) is 6.81. The molecule has 21 heavy (non-hydrogen) atoms. The molecule has 0 amide bonds. The number of nitrogens with two attached hydrogens (primary N) is 1. The number of anilines is 1. The van der Waals surface area contributed by atoms with E-state index in [4.69, 9.17) is 5.73 Å². The molecule has 0 saturated heterocycles. The second-order valence-electron chi connectivity index (χ2n) is 4.90. The first-order chi connectivity index (χ1) is 10.2. The first-order valence-corrected chi connectivity index (χ1v) is 7.80. The number of hydrogen-bond acceptors (Lipinski definition) is 3. The summed E-state index contributed by atoms with van der Waals surface area (Å²) in [5.74, 6) is 0.852. The maximum atomic E-state index is 5.78. The van der Waals surface area contributed by atoms with Crippen molar-refractivity contribution in [3.05, 3.63) is 72.1 Å². The van der Waals surface area contributed by atoms with Crippen molar-refractivity contribution in [2.45, 2.75) is 17.6 Å². The summed E-state index contributed by atoms with van der Waals surface area (Å²) in [6.45, 7) is 2.08. The van der Waals surface area contributed by atoms with Crippen molar-refractivity contribution in [3.8, 4) is 5.69 Å². The molecule has 1 heterocycles. The Morgan fingerprint density at radius 1 is 1.10 bits per heavy atom. The molecular weight excluding hydrogens is 278 g/mol. The molecule has 106 valence electrons. The van der Waals surface area contributed by atoms with Crippen molar-refractivity contribution >= 4 is 17.4 Å². The molecule has 0 radical (unpaired) electrons. The summed E-state index contributed by atoms with van der Waals surface area (Å²) < 4.78 is 1.91. The molecule has 2 N–H and O–H groups in total. The highest BCUT2D eigenvalue weighted by Gasteiger charge is 2.04. The van der Waals surface area contributed by atoms with Gasteiger partial charge in [-0.3, -0.25) is 0 Å². The molecule has 3 nitrogen and oxygen atoms in total. The number of benzene rings is 2. The van der Waals surface area contributed by atoms with Gasteiger partial charge in [0.15, 0.2) is 0 Å². The van der Waals surface area contributed by atoms with E-state index in [-0.39, 0.29) is 0 Å². The van der Waals surface area contributed by atoms with Gasteiger partial charge in [0.2, 0.25) is 0 Å². The standard InChI is InChI=1S/C17H17N3S/c1-13-11-14(18)7-8-17(13)21-12-15-9-10-20(19-15)16-5-3-2-4-6-16/h2-11H,12,18H2,1H3. The predicted octanol–water partition coefficient (Wildman–Crippen LogP) is 4.06. The molecule has 3 aromatic rings. The van der Waals surface area contributed by atoms with Gasteiger partial charge >= 0.3 is 0 Å². The van der Waals surface area contributed by atoms with Crippen LogP contribution in [-0.4, -0.2) is 9.78 Å². The van der Waals surface area contributed by atoms with Gasteiger partial charge in [-0.1, -0.05) is 18.2 Å². The molecule has 4 heteroatoms. The van der Waals surface area contributed by atoms with Gasteiger partial charge < -0.3 is 5.73 Å². The number of nitrogens with zero attached hydrogens (tertiary/aromatic N) is 2. The molecule has 0 aliphatic carbocycles. The van der Waals surface area contributed by atoms with Crippen molar-refractivity contribution in [1.82, 2.24) is 9.78 Å². The Morgan fingerprint density at radius 2 is 1.90 bits per heavy atom. The zero-order chi connectivity index (χ0) is 14.7. The van der Waals surface area contributed by atoms with Crippen LogP contribution in [0.4, 0.5) is 5.69 Å². The maximum Gasteiger partial charge on any atom is 0.0731 e. The van der Waals surface area contributed by atoms with Crippen molar-refractivity contribution < 1.29 is 0 Å². The molecule has 0 unspecified atom stereocenters. The lowest BCUT2D eigenvalue weighted by atomic mass is 10.2. The highest BCUT2D eigenvalue weighted by molar-refractivity contribution is 7.98. The molecule has 0 aliphatic heterocycles. The molecule has 0 spiro atoms. The molecule has 0 fully saturated rings. The molecule has 0 aliphatic rings. The minimum absolute atomic E-state index is 0.810. The number of thioether (sulfide) groups is 1. The third-order valence-electron chi connectivity index (χ3n) is 3.24. The Morgan fingerprint density at radius 3 is 2.67 bits per heavy atom. The predicted molar refractivity (Wildman–Crippen MR) is 88.7 cm³/mol. The Labute approximate surface area is 128 Å². The highest BCUT2D eigenvalue weighted by Crippen LogP contribution is 2.27. The minimum Gasteiger partial charge on any atom is -0.399 e. The third-order valence-corrected chi connectivity index (χ3v) is 4.45. The lowest BCUT2D eigenvalue weighted by Crippen LogP contribution is -1.95. The SMILES string of the molecule is Cc1cc(N)ccc1SCc1ccn(-c2ccccc2)n1. The fraction of sp³-hybridized carbons (Fsp3) is 0.118. The summed E-state index contributed by atoms with van der Waals surface area (Å²) in [5.41, 5.74) is 9.95. The molecule has 1 aromatic heterocycles. The summed E-state index contributed by atoms with van der Waals surface area (Å²) in [6, 6.07) is 18.2. The number of rotatable bonds is 4. The number of nitrogen functional groups attached to an aromatic ring is 1. The summed E-state index contributed by atoms with van der Waals surface area (Å²) in [4.78, 5) is 1.25. The van der Waals surface area contributed by atoms with E-state index in [1.165, 1.54) is 10.5 Å². The van der Waals surface area contributed by atoms with Crippen molar-refractivity contribution in [1.29, 1.82) is 0 Å². The van der Waals surface area contributed by atoms with Crippen molar-refractivity contribution in [2.75, 3.05) is 5.73 Å². The lowest BCUT2D eigenvalue weighted by molar-refractivity contribution is 0.859. The summed E-state index contributed by atoms with van der Waals surface area (Å²) in [7, 11) is 0. The maximum absolute atomic E-state index is 5.78. The molecule has 2 aromatic carbocycles. The molecule has 0 saturated carbocycles. The van der Waals surface area contributed by atoms with Crippen LogP contribution in [0.5, 0.6) is 0 Å². The smallest absolute Gasteiger partial charge is 0.0731 e. The lowest BCUT2D eigenvalue weighted by Gasteiger charge is -2.05. The fourth-order valence-electron chi connectivity index (χ4n) is 2.15. The molecular formula is C17H17N3S. The normalized spacial score (nSPS) is 10.7. The summed E-state index contributed by atoms with van der Waals surface area (Å²) in [5, 5.41) is 4.61. The van der Waals surface area contributed by atoms with Gasteiger partial charge in [0.1, 0.15) is 0 Å². The Balaban J connectivity index is 1.70. The fourth-order valence-corrected chi connectivity index (χ4v) is 3.06. The van der Waals surface area contributed by atoms with E-state index >= 15 is 0 Å². The number of para-hydroxylation sites is 1. The van der Waals surface area contributed by atoms with Crippen LogP contribution in [0.15, 0.2) is 65.7 Å². The van der Waals surface area contributed by atoms with Gasteiger partial charge in [-0.2, -0.15) is 5.10 Å². The number of aryl methyl sites for hydroxylation is 1. The monoisotopic (exact) mass is 295 g/mol. The Bertz CT molecular complexity index is 735. The van der Waals surface area contributed by atoms with E-state index < -0.39 is 0 Å². The molecule has 0 bridgehead atoms. The van der Waals surface area contributed by atoms with E-state index in [1.807, 2.05) is 53.3 Å². The molecule has 0 atom stereocenters. The van der Waals surface area contributed by atoms with Gasteiger partial charge in [0.25, 0.3) is 0 Å². The number of aromatic nitrogens is 2. The van der Waals surface area contributed by atoms with Crippen LogP contribution in [0.1, 0.15) is 11.3 Å². The van der Waals surface area contributed by atoms with Crippen LogP contribution in [0.2, 0.25) is 0 Å². The second-order valence-corrected chi connectivity index (χ2v) is 5.92. The minimum atomic E-state index is 0.810. The van der Waals surface area contributed by atoms with Crippen molar-refractivity contribution in [2.24, 2.45) is 0 Å². The van der Waals surface area contributed by atoms with Gasteiger partial charge in [0, 0.05) is 22.5 Å². The van der Waals surface area contributed by atoms with E-state index in [9.17, 15) is 0 Å². The Hall–Kier alpha value is -2.20. The topological polar surface area (TPSA) is 43.8 Å². The van der Waals surface area contributed by atoms with Gasteiger partial charge in [0.05, 0.1) is 11.4 Å². The zero-order valence-electron chi connectivity index (χ0n) is 11.9. The van der Waals surface area contributed by atoms with Crippen LogP contribution in [0, 0.1) is 6.92 Å². The van der Waals surface area contributed by atoms with E-state index in [0.29, 0.717) is 0 Å². The van der Waals surface area contributed by atoms with E-state index in [0.717, 1.165) is 22.8 Å². The Kier molecular flexibility index (Phi) is 3.97. The summed E-state index contributed by atoms with van der Waals surface area (Å²) >= 11 is 1.79. The van der Waals surface area contributed by atoms with E-state index in [2.05, 4.69) is 24.2 Å². The number of hydrogen-bond donors (Lipinski definition) is 1. The van der Waals surface area contributed by atoms with Crippen LogP contribution in [0.3, 0.4) is 0 Å². The van der Waals surface area contributed by atoms with Crippen LogP contribution in [0.25, 0.3) is 5.69 Å². The van der Waals surface area contributed by atoms with Crippen LogP contribution in [-0.2, 0) is 5.75 Å². The van der Waals surface area contributed by atoms with E-state index in [1.54, 1.807) is 11.8 Å². The highest BCUT2D eigenvalue weighted by atomic mass is 32.2. The average Bonchev–Trinajstić information content (AvgIpc) is 2.96. The summed E-state index contributed by atoms with van der Waals surface area (Å²) in [6.07, 6.45) is 2.00. The first kappa shape index (κ1) is 13.8. The quantitative estimate of drug-likeness (QED) is 0.583. The van der Waals surface area contributed by atoms with Crippen LogP contribution >= 0.6 is 11.8 Å². The third kappa shape index (κ3) is 3.28. The van der Waals surface area contributed by atoms with Gasteiger partial charge in [-0.15, -0.1) is 11.8 Å². The second kappa shape index (κ2) is 6.06. The molecule has 3 rings (SSSR count). The van der Waals surface area contributed by atoms with Crippen molar-refractivity contribution in [3.63, 3.8) is 0 Å². The largest absolute Gasteiger partial charge is 0.399 e. The zero-order valence-corrected chi connectivity index (χ0v) is 12.7. The van der Waals surface area contributed by atoms with Gasteiger partial charge in [-0.05, 0) is 48.9 Å². The van der Waals surface area contributed by atoms with Gasteiger partial charge in [-0.25, -0.2) is 4.68 Å². The average molecular weight is 295 g/mol.